The molecule has 1 rings (SSSR count). The third kappa shape index (κ3) is 2.81. The van der Waals surface area contributed by atoms with Gasteiger partial charge in [0.05, 0.1) is 12.2 Å². The summed E-state index contributed by atoms with van der Waals surface area (Å²) < 4.78 is 11.1. The Morgan fingerprint density at radius 1 is 1.53 bits per heavy atom. The molecule has 86 valence electrons. The molecule has 0 aromatic heterocycles. The molecule has 0 aromatic carbocycles. The number of ether oxygens (including phenoxy) is 2. The van der Waals surface area contributed by atoms with Gasteiger partial charge in [0.2, 0.25) is 0 Å². The zero-order valence-electron chi connectivity index (χ0n) is 9.73. The standard InChI is InChI=1S/C12H20O3/c1-5-7-11-12(14-9(4)13)8(3)10(6-2)15-11/h5,8,10-12H,1,6-7H2,2-4H3. The van der Waals surface area contributed by atoms with Crippen LogP contribution in [0.4, 0.5) is 0 Å². The van der Waals surface area contributed by atoms with Crippen LogP contribution in [0.1, 0.15) is 33.6 Å². The maximum Gasteiger partial charge on any atom is 0.303 e. The van der Waals surface area contributed by atoms with Crippen molar-refractivity contribution in [2.24, 2.45) is 5.92 Å². The van der Waals surface area contributed by atoms with Gasteiger partial charge >= 0.3 is 5.97 Å². The van der Waals surface area contributed by atoms with E-state index in [1.807, 2.05) is 6.08 Å². The first kappa shape index (κ1) is 12.2. The second-order valence-electron chi connectivity index (χ2n) is 4.08. The topological polar surface area (TPSA) is 35.5 Å². The summed E-state index contributed by atoms with van der Waals surface area (Å²) in [5.41, 5.74) is 0. The first-order chi connectivity index (χ1) is 7.10. The molecule has 0 radical (unpaired) electrons. The van der Waals surface area contributed by atoms with Crippen LogP contribution < -0.4 is 0 Å². The summed E-state index contributed by atoms with van der Waals surface area (Å²) in [4.78, 5) is 11.0. The molecule has 4 atom stereocenters. The molecule has 0 N–H and O–H groups in total. The molecular weight excluding hydrogens is 192 g/mol. The summed E-state index contributed by atoms with van der Waals surface area (Å²) in [6.45, 7) is 9.29. The van der Waals surface area contributed by atoms with Gasteiger partial charge in [-0.3, -0.25) is 4.79 Å². The second kappa shape index (κ2) is 5.31. The van der Waals surface area contributed by atoms with E-state index in [4.69, 9.17) is 9.47 Å². The smallest absolute Gasteiger partial charge is 0.303 e. The quantitative estimate of drug-likeness (QED) is 0.530. The predicted molar refractivity (Wildman–Crippen MR) is 58.5 cm³/mol. The van der Waals surface area contributed by atoms with Gasteiger partial charge in [-0.1, -0.05) is 19.9 Å². The van der Waals surface area contributed by atoms with Crippen LogP contribution in [0.15, 0.2) is 12.7 Å². The molecule has 0 aliphatic carbocycles. The first-order valence-corrected chi connectivity index (χ1v) is 5.53. The summed E-state index contributed by atoms with van der Waals surface area (Å²) in [6, 6.07) is 0. The minimum atomic E-state index is -0.235. The van der Waals surface area contributed by atoms with Crippen molar-refractivity contribution in [1.29, 1.82) is 0 Å². The number of esters is 1. The van der Waals surface area contributed by atoms with Gasteiger partial charge in [0.25, 0.3) is 0 Å². The molecule has 0 aromatic rings. The molecule has 1 heterocycles. The Morgan fingerprint density at radius 2 is 2.20 bits per heavy atom. The Labute approximate surface area is 91.4 Å². The fourth-order valence-corrected chi connectivity index (χ4v) is 2.17. The molecule has 0 spiro atoms. The Kier molecular flexibility index (Phi) is 4.33. The Bertz CT molecular complexity index is 237. The SMILES string of the molecule is C=CCC1OC(CC)C(C)C1OC(C)=O. The average Bonchev–Trinajstić information content (AvgIpc) is 2.46. The number of carbonyl (C=O) groups is 1. The molecule has 0 bridgehead atoms. The monoisotopic (exact) mass is 212 g/mol. The van der Waals surface area contributed by atoms with Crippen LogP contribution in [-0.4, -0.2) is 24.3 Å². The van der Waals surface area contributed by atoms with Crippen molar-refractivity contribution >= 4 is 5.97 Å². The lowest BCUT2D eigenvalue weighted by Crippen LogP contribution is -2.30. The molecule has 1 fully saturated rings. The predicted octanol–water partition coefficient (Wildman–Crippen LogP) is 2.31. The van der Waals surface area contributed by atoms with E-state index in [2.05, 4.69) is 20.4 Å². The fraction of sp³-hybridized carbons (Fsp3) is 0.750. The largest absolute Gasteiger partial charge is 0.459 e. The summed E-state index contributed by atoms with van der Waals surface area (Å²) in [6.07, 6.45) is 3.55. The van der Waals surface area contributed by atoms with Crippen molar-refractivity contribution in [1.82, 2.24) is 0 Å². The van der Waals surface area contributed by atoms with Crippen LogP contribution in [0.25, 0.3) is 0 Å². The van der Waals surface area contributed by atoms with Gasteiger partial charge in [-0.25, -0.2) is 0 Å². The molecule has 4 unspecified atom stereocenters. The van der Waals surface area contributed by atoms with E-state index in [1.165, 1.54) is 6.92 Å². The average molecular weight is 212 g/mol. The third-order valence-corrected chi connectivity index (χ3v) is 2.92. The van der Waals surface area contributed by atoms with E-state index in [0.29, 0.717) is 0 Å². The zero-order valence-corrected chi connectivity index (χ0v) is 9.73. The van der Waals surface area contributed by atoms with Gasteiger partial charge in [0.15, 0.2) is 0 Å². The lowest BCUT2D eigenvalue weighted by Gasteiger charge is -2.19. The minimum absolute atomic E-state index is 0.0219. The molecule has 1 saturated heterocycles. The van der Waals surface area contributed by atoms with E-state index in [1.54, 1.807) is 0 Å². The highest BCUT2D eigenvalue weighted by Crippen LogP contribution is 2.32. The molecular formula is C12H20O3. The molecule has 1 aliphatic rings. The van der Waals surface area contributed by atoms with Crippen LogP contribution in [-0.2, 0) is 14.3 Å². The summed E-state index contributed by atoms with van der Waals surface area (Å²) in [7, 11) is 0. The number of hydrogen-bond acceptors (Lipinski definition) is 3. The Morgan fingerprint density at radius 3 is 2.67 bits per heavy atom. The molecule has 3 heteroatoms. The molecule has 0 saturated carbocycles. The molecule has 15 heavy (non-hydrogen) atoms. The van der Waals surface area contributed by atoms with Gasteiger partial charge in [0, 0.05) is 12.8 Å². The Hall–Kier alpha value is -0.830. The second-order valence-corrected chi connectivity index (χ2v) is 4.08. The fourth-order valence-electron chi connectivity index (χ4n) is 2.17. The number of rotatable bonds is 4. The van der Waals surface area contributed by atoms with Crippen LogP contribution in [0, 0.1) is 5.92 Å². The van der Waals surface area contributed by atoms with E-state index < -0.39 is 0 Å². The van der Waals surface area contributed by atoms with Crippen molar-refractivity contribution in [3.8, 4) is 0 Å². The van der Waals surface area contributed by atoms with Gasteiger partial charge < -0.3 is 9.47 Å². The Balaban J connectivity index is 2.68. The van der Waals surface area contributed by atoms with Crippen molar-refractivity contribution in [3.63, 3.8) is 0 Å². The highest BCUT2D eigenvalue weighted by molar-refractivity contribution is 5.66. The summed E-state index contributed by atoms with van der Waals surface area (Å²) in [5, 5.41) is 0. The maximum absolute atomic E-state index is 11.0. The maximum atomic E-state index is 11.0. The van der Waals surface area contributed by atoms with E-state index in [0.717, 1.165) is 12.8 Å². The molecule has 0 amide bonds. The highest BCUT2D eigenvalue weighted by atomic mass is 16.6. The van der Waals surface area contributed by atoms with Crippen molar-refractivity contribution < 1.29 is 14.3 Å². The van der Waals surface area contributed by atoms with Crippen LogP contribution in [0.3, 0.4) is 0 Å². The lowest BCUT2D eigenvalue weighted by atomic mass is 9.95. The van der Waals surface area contributed by atoms with E-state index in [9.17, 15) is 4.79 Å². The van der Waals surface area contributed by atoms with Crippen LogP contribution >= 0.6 is 0 Å². The number of carbonyl (C=O) groups excluding carboxylic acids is 1. The summed E-state index contributed by atoms with van der Waals surface area (Å²) in [5.74, 6) is 0.0325. The minimum Gasteiger partial charge on any atom is -0.459 e. The van der Waals surface area contributed by atoms with Crippen molar-refractivity contribution in [2.45, 2.75) is 51.9 Å². The van der Waals surface area contributed by atoms with Crippen LogP contribution in [0.2, 0.25) is 0 Å². The molecule has 1 aliphatic heterocycles. The summed E-state index contributed by atoms with van der Waals surface area (Å²) >= 11 is 0. The van der Waals surface area contributed by atoms with E-state index in [-0.39, 0.29) is 30.2 Å². The van der Waals surface area contributed by atoms with Gasteiger partial charge in [-0.15, -0.1) is 6.58 Å². The normalized spacial score (nSPS) is 35.1. The number of hydrogen-bond donors (Lipinski definition) is 0. The first-order valence-electron chi connectivity index (χ1n) is 5.53. The van der Waals surface area contributed by atoms with E-state index >= 15 is 0 Å². The van der Waals surface area contributed by atoms with Gasteiger partial charge in [0.1, 0.15) is 6.10 Å². The third-order valence-electron chi connectivity index (χ3n) is 2.92. The zero-order chi connectivity index (χ0) is 11.4. The molecule has 3 nitrogen and oxygen atoms in total. The van der Waals surface area contributed by atoms with Crippen molar-refractivity contribution in [2.75, 3.05) is 0 Å². The van der Waals surface area contributed by atoms with Crippen LogP contribution in [0.5, 0.6) is 0 Å². The van der Waals surface area contributed by atoms with Gasteiger partial charge in [-0.2, -0.15) is 0 Å². The van der Waals surface area contributed by atoms with Gasteiger partial charge in [-0.05, 0) is 12.8 Å². The highest BCUT2D eigenvalue weighted by Gasteiger charge is 2.42. The lowest BCUT2D eigenvalue weighted by molar-refractivity contribution is -0.150. The van der Waals surface area contributed by atoms with Crippen molar-refractivity contribution in [3.05, 3.63) is 12.7 Å².